The third-order valence-electron chi connectivity index (χ3n) is 4.56. The molecule has 1 unspecified atom stereocenters. The standard InChI is InChI=1S/C17H23F3N2O2/c1-12(9-13-3-2-4-14(10-13)17(18,19)20)22-11-16(15(21)23)5-7-24-8-6-16/h2-4,10,12,22H,5-9,11H2,1H3,(H2,21,23). The zero-order chi connectivity index (χ0) is 17.8. The lowest BCUT2D eigenvalue weighted by Crippen LogP contribution is -2.50. The predicted octanol–water partition coefficient (Wildman–Crippen LogP) is 2.51. The molecule has 24 heavy (non-hydrogen) atoms. The molecule has 1 fully saturated rings. The van der Waals surface area contributed by atoms with Crippen LogP contribution in [0.1, 0.15) is 30.9 Å². The Labute approximate surface area is 139 Å². The van der Waals surface area contributed by atoms with E-state index in [1.165, 1.54) is 6.07 Å². The highest BCUT2D eigenvalue weighted by Crippen LogP contribution is 2.31. The molecule has 1 atom stereocenters. The van der Waals surface area contributed by atoms with E-state index in [0.717, 1.165) is 12.1 Å². The summed E-state index contributed by atoms with van der Waals surface area (Å²) in [5, 5.41) is 3.24. The summed E-state index contributed by atoms with van der Waals surface area (Å²) in [7, 11) is 0. The van der Waals surface area contributed by atoms with Crippen molar-refractivity contribution < 1.29 is 22.7 Å². The van der Waals surface area contributed by atoms with Crippen LogP contribution >= 0.6 is 0 Å². The van der Waals surface area contributed by atoms with Crippen LogP contribution in [0.25, 0.3) is 0 Å². The van der Waals surface area contributed by atoms with Crippen LogP contribution in [0.3, 0.4) is 0 Å². The predicted molar refractivity (Wildman–Crippen MR) is 84.3 cm³/mol. The van der Waals surface area contributed by atoms with Crippen molar-refractivity contribution in [1.29, 1.82) is 0 Å². The zero-order valence-electron chi connectivity index (χ0n) is 13.7. The highest BCUT2D eigenvalue weighted by molar-refractivity contribution is 5.81. The van der Waals surface area contributed by atoms with E-state index >= 15 is 0 Å². The summed E-state index contributed by atoms with van der Waals surface area (Å²) >= 11 is 0. The number of hydrogen-bond acceptors (Lipinski definition) is 3. The number of nitrogens with one attached hydrogen (secondary N) is 1. The lowest BCUT2D eigenvalue weighted by molar-refractivity contribution is -0.137. The first-order valence-electron chi connectivity index (χ1n) is 8.00. The van der Waals surface area contributed by atoms with Crippen molar-refractivity contribution in [2.45, 2.75) is 38.4 Å². The normalized spacial score (nSPS) is 19.0. The highest BCUT2D eigenvalue weighted by Gasteiger charge is 2.38. The summed E-state index contributed by atoms with van der Waals surface area (Å²) in [4.78, 5) is 11.8. The number of halogens is 3. The van der Waals surface area contributed by atoms with Crippen molar-refractivity contribution in [2.24, 2.45) is 11.1 Å². The number of primary amides is 1. The van der Waals surface area contributed by atoms with Gasteiger partial charge in [0.1, 0.15) is 0 Å². The topological polar surface area (TPSA) is 64.3 Å². The van der Waals surface area contributed by atoms with Crippen molar-refractivity contribution in [2.75, 3.05) is 19.8 Å². The smallest absolute Gasteiger partial charge is 0.381 e. The van der Waals surface area contributed by atoms with Gasteiger partial charge in [-0.2, -0.15) is 13.2 Å². The van der Waals surface area contributed by atoms with E-state index in [9.17, 15) is 18.0 Å². The number of alkyl halides is 3. The van der Waals surface area contributed by atoms with Crippen LogP contribution in [0.2, 0.25) is 0 Å². The molecule has 1 heterocycles. The van der Waals surface area contributed by atoms with E-state index in [4.69, 9.17) is 10.5 Å². The van der Waals surface area contributed by atoms with Crippen molar-refractivity contribution in [1.82, 2.24) is 5.32 Å². The van der Waals surface area contributed by atoms with E-state index < -0.39 is 17.2 Å². The fourth-order valence-corrected chi connectivity index (χ4v) is 2.94. The molecule has 0 radical (unpaired) electrons. The SMILES string of the molecule is CC(Cc1cccc(C(F)(F)F)c1)NCC1(C(N)=O)CCOCC1. The number of carbonyl (C=O) groups excluding carboxylic acids is 1. The van der Waals surface area contributed by atoms with E-state index in [2.05, 4.69) is 5.32 Å². The fraction of sp³-hybridized carbons (Fsp3) is 0.588. The summed E-state index contributed by atoms with van der Waals surface area (Å²) in [5.74, 6) is -0.357. The first-order valence-corrected chi connectivity index (χ1v) is 8.00. The quantitative estimate of drug-likeness (QED) is 0.833. The van der Waals surface area contributed by atoms with Crippen molar-refractivity contribution in [3.63, 3.8) is 0 Å². The minimum atomic E-state index is -4.34. The van der Waals surface area contributed by atoms with Gasteiger partial charge in [0.15, 0.2) is 0 Å². The van der Waals surface area contributed by atoms with E-state index in [1.807, 2.05) is 6.92 Å². The van der Waals surface area contributed by atoms with Crippen molar-refractivity contribution >= 4 is 5.91 Å². The van der Waals surface area contributed by atoms with E-state index in [0.29, 0.717) is 44.6 Å². The molecule has 1 saturated heterocycles. The Balaban J connectivity index is 1.95. The third kappa shape index (κ3) is 4.70. The Bertz CT molecular complexity index is 569. The average Bonchev–Trinajstić information content (AvgIpc) is 2.53. The maximum atomic E-state index is 12.8. The summed E-state index contributed by atoms with van der Waals surface area (Å²) in [6, 6.07) is 5.23. The number of rotatable bonds is 6. The van der Waals surface area contributed by atoms with Crippen LogP contribution in [-0.4, -0.2) is 31.7 Å². The van der Waals surface area contributed by atoms with Gasteiger partial charge in [0, 0.05) is 25.8 Å². The van der Waals surface area contributed by atoms with Crippen LogP contribution in [-0.2, 0) is 22.1 Å². The molecule has 0 aliphatic carbocycles. The largest absolute Gasteiger partial charge is 0.416 e. The van der Waals surface area contributed by atoms with Gasteiger partial charge in [-0.05, 0) is 37.8 Å². The van der Waals surface area contributed by atoms with Gasteiger partial charge in [0.2, 0.25) is 5.91 Å². The molecular formula is C17H23F3N2O2. The Morgan fingerprint density at radius 1 is 1.38 bits per heavy atom. The van der Waals surface area contributed by atoms with Gasteiger partial charge in [-0.3, -0.25) is 4.79 Å². The highest BCUT2D eigenvalue weighted by atomic mass is 19.4. The van der Waals surface area contributed by atoms with Gasteiger partial charge in [-0.1, -0.05) is 18.2 Å². The minimum absolute atomic E-state index is 0.0763. The van der Waals surface area contributed by atoms with Gasteiger partial charge in [-0.25, -0.2) is 0 Å². The Kier molecular flexibility index (Phi) is 5.87. The molecule has 0 bridgehead atoms. The molecule has 1 amide bonds. The molecule has 7 heteroatoms. The molecule has 1 aliphatic rings. The second-order valence-electron chi connectivity index (χ2n) is 6.44. The van der Waals surface area contributed by atoms with Crippen LogP contribution < -0.4 is 11.1 Å². The van der Waals surface area contributed by atoms with Crippen LogP contribution in [0.4, 0.5) is 13.2 Å². The van der Waals surface area contributed by atoms with Crippen LogP contribution in [0.5, 0.6) is 0 Å². The van der Waals surface area contributed by atoms with E-state index in [-0.39, 0.29) is 11.9 Å². The summed E-state index contributed by atoms with van der Waals surface area (Å²) in [6.45, 7) is 3.28. The molecule has 2 rings (SSSR count). The molecule has 4 nitrogen and oxygen atoms in total. The molecule has 1 aromatic carbocycles. The fourth-order valence-electron chi connectivity index (χ4n) is 2.94. The third-order valence-corrected chi connectivity index (χ3v) is 4.56. The molecule has 1 aliphatic heterocycles. The van der Waals surface area contributed by atoms with Crippen molar-refractivity contribution in [3.8, 4) is 0 Å². The number of hydrogen-bond donors (Lipinski definition) is 2. The summed E-state index contributed by atoms with van der Waals surface area (Å²) < 4.78 is 43.6. The Hall–Kier alpha value is -1.60. The van der Waals surface area contributed by atoms with Gasteiger partial charge in [0.05, 0.1) is 11.0 Å². The Morgan fingerprint density at radius 3 is 2.62 bits per heavy atom. The minimum Gasteiger partial charge on any atom is -0.381 e. The van der Waals surface area contributed by atoms with Gasteiger partial charge in [0.25, 0.3) is 0 Å². The maximum Gasteiger partial charge on any atom is 0.416 e. The Morgan fingerprint density at radius 2 is 2.04 bits per heavy atom. The van der Waals surface area contributed by atoms with Crippen LogP contribution in [0.15, 0.2) is 24.3 Å². The first-order chi connectivity index (χ1) is 11.2. The molecule has 134 valence electrons. The first kappa shape index (κ1) is 18.7. The lowest BCUT2D eigenvalue weighted by Gasteiger charge is -2.35. The molecule has 0 aromatic heterocycles. The number of benzene rings is 1. The summed E-state index contributed by atoms with van der Waals surface area (Å²) in [6.07, 6.45) is -2.78. The number of carbonyl (C=O) groups is 1. The molecule has 3 N–H and O–H groups in total. The van der Waals surface area contributed by atoms with E-state index in [1.54, 1.807) is 6.07 Å². The summed E-state index contributed by atoms with van der Waals surface area (Å²) in [5.41, 5.74) is 4.86. The number of ether oxygens (including phenoxy) is 1. The van der Waals surface area contributed by atoms with Gasteiger partial charge in [-0.15, -0.1) is 0 Å². The molecule has 0 spiro atoms. The molecule has 0 saturated carbocycles. The second-order valence-corrected chi connectivity index (χ2v) is 6.44. The monoisotopic (exact) mass is 344 g/mol. The average molecular weight is 344 g/mol. The second kappa shape index (κ2) is 7.53. The maximum absolute atomic E-state index is 12.8. The van der Waals surface area contributed by atoms with Crippen LogP contribution in [0, 0.1) is 5.41 Å². The lowest BCUT2D eigenvalue weighted by atomic mass is 9.79. The molecular weight excluding hydrogens is 321 g/mol. The number of nitrogens with two attached hydrogens (primary N) is 1. The number of amides is 1. The zero-order valence-corrected chi connectivity index (χ0v) is 13.7. The molecule has 1 aromatic rings. The van der Waals surface area contributed by atoms with Gasteiger partial charge >= 0.3 is 6.18 Å². The van der Waals surface area contributed by atoms with Crippen molar-refractivity contribution in [3.05, 3.63) is 35.4 Å². The van der Waals surface area contributed by atoms with Gasteiger partial charge < -0.3 is 15.8 Å².